The molecule has 0 aromatic carbocycles. The molecular weight excluding hydrogens is 370 g/mol. The molecular formula is C14H15Br2N3. The van der Waals surface area contributed by atoms with E-state index in [0.717, 1.165) is 27.6 Å². The number of hydrogen-bond donors (Lipinski definition) is 1. The van der Waals surface area contributed by atoms with Gasteiger partial charge in [0.1, 0.15) is 0 Å². The number of hydrogen-bond acceptors (Lipinski definition) is 3. The Hall–Kier alpha value is -0.780. The second-order valence-electron chi connectivity index (χ2n) is 4.22. The van der Waals surface area contributed by atoms with Crippen molar-refractivity contribution in [1.29, 1.82) is 0 Å². The maximum atomic E-state index is 4.43. The monoisotopic (exact) mass is 383 g/mol. The van der Waals surface area contributed by atoms with E-state index >= 15 is 0 Å². The van der Waals surface area contributed by atoms with Crippen LogP contribution in [-0.4, -0.2) is 16.5 Å². The fourth-order valence-electron chi connectivity index (χ4n) is 1.91. The topological polar surface area (TPSA) is 37.8 Å². The molecule has 0 radical (unpaired) electrons. The van der Waals surface area contributed by atoms with Gasteiger partial charge in [-0.2, -0.15) is 0 Å². The van der Waals surface area contributed by atoms with Gasteiger partial charge < -0.3 is 5.32 Å². The van der Waals surface area contributed by atoms with Gasteiger partial charge in [0.2, 0.25) is 0 Å². The lowest BCUT2D eigenvalue weighted by molar-refractivity contribution is 0.542. The van der Waals surface area contributed by atoms with E-state index in [1.54, 1.807) is 6.20 Å². The van der Waals surface area contributed by atoms with Crippen LogP contribution >= 0.6 is 31.9 Å². The quantitative estimate of drug-likeness (QED) is 0.849. The molecule has 1 unspecified atom stereocenters. The zero-order valence-electron chi connectivity index (χ0n) is 10.6. The Morgan fingerprint density at radius 2 is 2.00 bits per heavy atom. The van der Waals surface area contributed by atoms with E-state index in [-0.39, 0.29) is 6.04 Å². The third-order valence-electron chi connectivity index (χ3n) is 2.78. The molecule has 2 heterocycles. The number of pyridine rings is 2. The maximum Gasteiger partial charge on any atom is 0.0423 e. The Balaban J connectivity index is 2.18. The minimum Gasteiger partial charge on any atom is -0.310 e. The summed E-state index contributed by atoms with van der Waals surface area (Å²) >= 11 is 6.87. The van der Waals surface area contributed by atoms with E-state index in [9.17, 15) is 0 Å². The first-order valence-corrected chi connectivity index (χ1v) is 7.72. The second kappa shape index (κ2) is 7.12. The molecule has 19 heavy (non-hydrogen) atoms. The lowest BCUT2D eigenvalue weighted by Gasteiger charge is -2.18. The Labute approximate surface area is 130 Å². The van der Waals surface area contributed by atoms with Crippen LogP contribution in [0.15, 0.2) is 45.7 Å². The highest BCUT2D eigenvalue weighted by Gasteiger charge is 2.12. The van der Waals surface area contributed by atoms with Gasteiger partial charge in [0.25, 0.3) is 0 Å². The van der Waals surface area contributed by atoms with Crippen LogP contribution in [-0.2, 0) is 6.42 Å². The average Bonchev–Trinajstić information content (AvgIpc) is 2.41. The molecule has 1 N–H and O–H groups in total. The summed E-state index contributed by atoms with van der Waals surface area (Å²) in [6.45, 7) is 3.02. The molecule has 0 aliphatic carbocycles. The molecule has 2 rings (SSSR count). The summed E-state index contributed by atoms with van der Waals surface area (Å²) in [6, 6.07) is 6.38. The smallest absolute Gasteiger partial charge is 0.0423 e. The first-order chi connectivity index (χ1) is 9.19. The van der Waals surface area contributed by atoms with Crippen LogP contribution < -0.4 is 5.32 Å². The van der Waals surface area contributed by atoms with Crippen LogP contribution in [0.5, 0.6) is 0 Å². The average molecular weight is 385 g/mol. The minimum atomic E-state index is 0.226. The number of nitrogens with zero attached hydrogens (tertiary/aromatic N) is 2. The largest absolute Gasteiger partial charge is 0.310 e. The third-order valence-corrected chi connectivity index (χ3v) is 3.68. The number of nitrogens with one attached hydrogen (secondary N) is 1. The summed E-state index contributed by atoms with van der Waals surface area (Å²) in [5, 5.41) is 3.48. The van der Waals surface area contributed by atoms with E-state index < -0.39 is 0 Å². The third kappa shape index (κ3) is 4.37. The van der Waals surface area contributed by atoms with Crippen LogP contribution in [0.3, 0.4) is 0 Å². The van der Waals surface area contributed by atoms with Crippen molar-refractivity contribution >= 4 is 31.9 Å². The summed E-state index contributed by atoms with van der Waals surface area (Å²) in [4.78, 5) is 8.66. The highest BCUT2D eigenvalue weighted by molar-refractivity contribution is 9.10. The van der Waals surface area contributed by atoms with Gasteiger partial charge in [0.05, 0.1) is 0 Å². The molecule has 0 saturated heterocycles. The van der Waals surface area contributed by atoms with Crippen molar-refractivity contribution in [2.45, 2.75) is 19.4 Å². The van der Waals surface area contributed by atoms with Crippen LogP contribution in [0.1, 0.15) is 24.2 Å². The SMILES string of the molecule is CCNC(Cc1ccc(Br)cn1)c1cncc(Br)c1. The van der Waals surface area contributed by atoms with Crippen molar-refractivity contribution in [2.75, 3.05) is 6.54 Å². The normalized spacial score (nSPS) is 12.4. The summed E-state index contributed by atoms with van der Waals surface area (Å²) < 4.78 is 2.00. The van der Waals surface area contributed by atoms with E-state index in [0.29, 0.717) is 0 Å². The summed E-state index contributed by atoms with van der Waals surface area (Å²) in [5.41, 5.74) is 2.23. The molecule has 0 amide bonds. The summed E-state index contributed by atoms with van der Waals surface area (Å²) in [6.07, 6.45) is 6.37. The first-order valence-electron chi connectivity index (χ1n) is 6.13. The van der Waals surface area contributed by atoms with Crippen LogP contribution in [0.2, 0.25) is 0 Å². The molecule has 5 heteroatoms. The van der Waals surface area contributed by atoms with E-state index in [1.807, 2.05) is 24.5 Å². The summed E-state index contributed by atoms with van der Waals surface area (Å²) in [7, 11) is 0. The predicted octanol–water partition coefficient (Wildman–Crippen LogP) is 3.89. The van der Waals surface area contributed by atoms with Gasteiger partial charge in [0, 0.05) is 45.7 Å². The van der Waals surface area contributed by atoms with Crippen molar-refractivity contribution in [3.8, 4) is 0 Å². The molecule has 1 atom stereocenters. The molecule has 0 aliphatic rings. The van der Waals surface area contributed by atoms with Gasteiger partial charge in [-0.25, -0.2) is 0 Å². The van der Waals surface area contributed by atoms with Crippen molar-refractivity contribution < 1.29 is 0 Å². The maximum absolute atomic E-state index is 4.43. The fraction of sp³-hybridized carbons (Fsp3) is 0.286. The molecule has 0 spiro atoms. The number of aromatic nitrogens is 2. The first kappa shape index (κ1) is 14.6. The number of halogens is 2. The zero-order chi connectivity index (χ0) is 13.7. The minimum absolute atomic E-state index is 0.226. The van der Waals surface area contributed by atoms with E-state index in [2.05, 4.69) is 60.1 Å². The Bertz CT molecular complexity index is 528. The molecule has 100 valence electrons. The molecule has 2 aromatic heterocycles. The number of likely N-dealkylation sites (N-methyl/N-ethyl adjacent to an activating group) is 1. The fourth-order valence-corrected chi connectivity index (χ4v) is 2.53. The molecule has 0 fully saturated rings. The van der Waals surface area contributed by atoms with E-state index in [4.69, 9.17) is 0 Å². The standard InChI is InChI=1S/C14H15Br2N3/c1-2-18-14(10-5-12(16)8-17-7-10)6-13-4-3-11(15)9-19-13/h3-5,7-9,14,18H,2,6H2,1H3. The molecule has 2 aromatic rings. The Morgan fingerprint density at radius 1 is 1.16 bits per heavy atom. The van der Waals surface area contributed by atoms with Crippen LogP contribution in [0.4, 0.5) is 0 Å². The van der Waals surface area contributed by atoms with Gasteiger partial charge in [0.15, 0.2) is 0 Å². The molecule has 0 bridgehead atoms. The molecule has 0 aliphatic heterocycles. The lowest BCUT2D eigenvalue weighted by atomic mass is 10.0. The lowest BCUT2D eigenvalue weighted by Crippen LogP contribution is -2.23. The van der Waals surface area contributed by atoms with Crippen LogP contribution in [0.25, 0.3) is 0 Å². The molecule has 3 nitrogen and oxygen atoms in total. The van der Waals surface area contributed by atoms with Crippen molar-refractivity contribution in [3.05, 3.63) is 57.0 Å². The highest BCUT2D eigenvalue weighted by Crippen LogP contribution is 2.20. The van der Waals surface area contributed by atoms with Crippen LogP contribution in [0, 0.1) is 0 Å². The van der Waals surface area contributed by atoms with Gasteiger partial charge in [-0.1, -0.05) is 6.92 Å². The zero-order valence-corrected chi connectivity index (χ0v) is 13.8. The highest BCUT2D eigenvalue weighted by atomic mass is 79.9. The van der Waals surface area contributed by atoms with Crippen molar-refractivity contribution in [2.24, 2.45) is 0 Å². The van der Waals surface area contributed by atoms with Gasteiger partial charge in [-0.15, -0.1) is 0 Å². The van der Waals surface area contributed by atoms with Gasteiger partial charge in [-0.05, 0) is 62.2 Å². The molecule has 0 saturated carbocycles. The predicted molar refractivity (Wildman–Crippen MR) is 84.0 cm³/mol. The van der Waals surface area contributed by atoms with Gasteiger partial charge >= 0.3 is 0 Å². The second-order valence-corrected chi connectivity index (χ2v) is 6.05. The Kier molecular flexibility index (Phi) is 5.48. The number of rotatable bonds is 5. The van der Waals surface area contributed by atoms with Gasteiger partial charge in [-0.3, -0.25) is 9.97 Å². The van der Waals surface area contributed by atoms with E-state index in [1.165, 1.54) is 5.56 Å². The summed E-state index contributed by atoms with van der Waals surface area (Å²) in [5.74, 6) is 0. The Morgan fingerprint density at radius 3 is 2.63 bits per heavy atom. The van der Waals surface area contributed by atoms with Crippen molar-refractivity contribution in [3.63, 3.8) is 0 Å². The van der Waals surface area contributed by atoms with Crippen molar-refractivity contribution in [1.82, 2.24) is 15.3 Å².